The highest BCUT2D eigenvalue weighted by Gasteiger charge is 2.11. The van der Waals surface area contributed by atoms with E-state index in [0.717, 1.165) is 13.0 Å². The zero-order valence-corrected chi connectivity index (χ0v) is 12.8. The molecule has 0 aliphatic rings. The third-order valence-corrected chi connectivity index (χ3v) is 4.76. The molecule has 3 N–H and O–H groups in total. The molecule has 21 heavy (non-hydrogen) atoms. The van der Waals surface area contributed by atoms with E-state index >= 15 is 0 Å². The summed E-state index contributed by atoms with van der Waals surface area (Å²) in [5.74, 6) is 0. The normalized spacial score (nSPS) is 12.6. The van der Waals surface area contributed by atoms with E-state index in [9.17, 15) is 0 Å². The van der Waals surface area contributed by atoms with Gasteiger partial charge in [-0.05, 0) is 34.4 Å². The summed E-state index contributed by atoms with van der Waals surface area (Å²) < 4.78 is 1.35. The van der Waals surface area contributed by atoms with E-state index in [1.165, 1.54) is 21.2 Å². The van der Waals surface area contributed by atoms with Gasteiger partial charge in [-0.15, -0.1) is 11.3 Å². The molecule has 1 unspecified atom stereocenters. The van der Waals surface area contributed by atoms with E-state index in [0.29, 0.717) is 12.6 Å². The number of benzene rings is 2. The second-order valence-corrected chi connectivity index (χ2v) is 6.17. The Kier molecular flexibility index (Phi) is 4.65. The highest BCUT2D eigenvalue weighted by Crippen LogP contribution is 2.26. The SMILES string of the molecule is NCC(Cc1csc2ccccc12)NCc1ccccc1. The standard InChI is InChI=1S/C18H20N2S/c19-11-16(20-12-14-6-2-1-3-7-14)10-15-13-21-18-9-5-4-8-17(15)18/h1-9,13,16,20H,10-12,19H2. The fourth-order valence-electron chi connectivity index (χ4n) is 2.55. The molecule has 1 aromatic heterocycles. The van der Waals surface area contributed by atoms with Crippen molar-refractivity contribution < 1.29 is 0 Å². The molecule has 3 aromatic rings. The molecule has 0 saturated heterocycles. The number of thiophene rings is 1. The van der Waals surface area contributed by atoms with E-state index < -0.39 is 0 Å². The van der Waals surface area contributed by atoms with Crippen LogP contribution in [0, 0.1) is 0 Å². The Bertz CT molecular complexity index is 691. The maximum Gasteiger partial charge on any atom is 0.0345 e. The van der Waals surface area contributed by atoms with Gasteiger partial charge in [0.2, 0.25) is 0 Å². The van der Waals surface area contributed by atoms with Crippen LogP contribution in [-0.2, 0) is 13.0 Å². The maximum absolute atomic E-state index is 5.94. The summed E-state index contributed by atoms with van der Waals surface area (Å²) >= 11 is 1.81. The average Bonchev–Trinajstić information content (AvgIpc) is 2.95. The first-order valence-corrected chi connectivity index (χ1v) is 8.17. The highest BCUT2D eigenvalue weighted by atomic mass is 32.1. The number of hydrogen-bond acceptors (Lipinski definition) is 3. The zero-order valence-electron chi connectivity index (χ0n) is 12.0. The van der Waals surface area contributed by atoms with Gasteiger partial charge in [0.15, 0.2) is 0 Å². The maximum atomic E-state index is 5.94. The summed E-state index contributed by atoms with van der Waals surface area (Å²) in [5, 5.41) is 7.19. The minimum atomic E-state index is 0.309. The summed E-state index contributed by atoms with van der Waals surface area (Å²) in [6.07, 6.45) is 0.980. The van der Waals surface area contributed by atoms with Gasteiger partial charge in [0.25, 0.3) is 0 Å². The van der Waals surface area contributed by atoms with Crippen molar-refractivity contribution in [1.82, 2.24) is 5.32 Å². The van der Waals surface area contributed by atoms with Crippen LogP contribution >= 0.6 is 11.3 Å². The monoisotopic (exact) mass is 296 g/mol. The minimum Gasteiger partial charge on any atom is -0.329 e. The minimum absolute atomic E-state index is 0.309. The van der Waals surface area contributed by atoms with E-state index in [4.69, 9.17) is 5.73 Å². The molecule has 108 valence electrons. The lowest BCUT2D eigenvalue weighted by atomic mass is 10.0. The first kappa shape index (κ1) is 14.3. The third-order valence-electron chi connectivity index (χ3n) is 3.75. The number of rotatable bonds is 6. The van der Waals surface area contributed by atoms with E-state index in [1.807, 2.05) is 17.4 Å². The molecule has 2 nitrogen and oxygen atoms in total. The molecule has 0 aliphatic heterocycles. The Morgan fingerprint density at radius 1 is 1.00 bits per heavy atom. The van der Waals surface area contributed by atoms with Crippen molar-refractivity contribution in [2.75, 3.05) is 6.54 Å². The van der Waals surface area contributed by atoms with E-state index in [1.54, 1.807) is 0 Å². The summed E-state index contributed by atoms with van der Waals surface area (Å²) in [7, 11) is 0. The van der Waals surface area contributed by atoms with Gasteiger partial charge in [0.1, 0.15) is 0 Å². The second-order valence-electron chi connectivity index (χ2n) is 5.26. The van der Waals surface area contributed by atoms with Crippen molar-refractivity contribution in [2.24, 2.45) is 5.73 Å². The molecule has 0 amide bonds. The smallest absolute Gasteiger partial charge is 0.0345 e. The molecular formula is C18H20N2S. The molecule has 3 rings (SSSR count). The predicted molar refractivity (Wildman–Crippen MR) is 91.7 cm³/mol. The van der Waals surface area contributed by atoms with Crippen molar-refractivity contribution in [2.45, 2.75) is 19.0 Å². The lowest BCUT2D eigenvalue weighted by Gasteiger charge is -2.16. The third kappa shape index (κ3) is 3.50. The molecule has 0 fully saturated rings. The second kappa shape index (κ2) is 6.85. The lowest BCUT2D eigenvalue weighted by molar-refractivity contribution is 0.517. The first-order chi connectivity index (χ1) is 10.4. The number of hydrogen-bond donors (Lipinski definition) is 2. The Hall–Kier alpha value is -1.68. The van der Waals surface area contributed by atoms with Crippen LogP contribution in [0.15, 0.2) is 60.0 Å². The van der Waals surface area contributed by atoms with Gasteiger partial charge in [-0.25, -0.2) is 0 Å². The van der Waals surface area contributed by atoms with Crippen LogP contribution < -0.4 is 11.1 Å². The van der Waals surface area contributed by atoms with Gasteiger partial charge in [-0.2, -0.15) is 0 Å². The Morgan fingerprint density at radius 2 is 1.76 bits per heavy atom. The summed E-state index contributed by atoms with van der Waals surface area (Å²) in [4.78, 5) is 0. The van der Waals surface area contributed by atoms with Crippen LogP contribution in [0.25, 0.3) is 10.1 Å². The highest BCUT2D eigenvalue weighted by molar-refractivity contribution is 7.17. The Labute approximate surface area is 129 Å². The molecule has 1 atom stereocenters. The van der Waals surface area contributed by atoms with Gasteiger partial charge in [0, 0.05) is 23.8 Å². The largest absolute Gasteiger partial charge is 0.329 e. The van der Waals surface area contributed by atoms with Crippen LogP contribution in [0.4, 0.5) is 0 Å². The van der Waals surface area contributed by atoms with Gasteiger partial charge < -0.3 is 11.1 Å². The molecular weight excluding hydrogens is 276 g/mol. The van der Waals surface area contributed by atoms with Gasteiger partial charge in [0.05, 0.1) is 0 Å². The summed E-state index contributed by atoms with van der Waals surface area (Å²) in [5.41, 5.74) is 8.63. The van der Waals surface area contributed by atoms with E-state index in [2.05, 4.69) is 59.2 Å². The fraction of sp³-hybridized carbons (Fsp3) is 0.222. The number of nitrogens with two attached hydrogens (primary N) is 1. The molecule has 0 aliphatic carbocycles. The molecule has 1 heterocycles. The van der Waals surface area contributed by atoms with Crippen LogP contribution in [0.1, 0.15) is 11.1 Å². The van der Waals surface area contributed by atoms with Crippen LogP contribution in [0.5, 0.6) is 0 Å². The van der Waals surface area contributed by atoms with Gasteiger partial charge >= 0.3 is 0 Å². The topological polar surface area (TPSA) is 38.0 Å². The van der Waals surface area contributed by atoms with Crippen molar-refractivity contribution in [3.05, 3.63) is 71.1 Å². The first-order valence-electron chi connectivity index (χ1n) is 7.29. The molecule has 0 saturated carbocycles. The van der Waals surface area contributed by atoms with Crippen LogP contribution in [0.3, 0.4) is 0 Å². The Balaban J connectivity index is 1.67. The van der Waals surface area contributed by atoms with Crippen molar-refractivity contribution >= 4 is 21.4 Å². The molecule has 0 spiro atoms. The van der Waals surface area contributed by atoms with Crippen molar-refractivity contribution in [3.8, 4) is 0 Å². The van der Waals surface area contributed by atoms with Crippen LogP contribution in [0.2, 0.25) is 0 Å². The average molecular weight is 296 g/mol. The zero-order chi connectivity index (χ0) is 14.5. The van der Waals surface area contributed by atoms with E-state index in [-0.39, 0.29) is 0 Å². The molecule has 0 radical (unpaired) electrons. The van der Waals surface area contributed by atoms with Crippen molar-refractivity contribution in [3.63, 3.8) is 0 Å². The molecule has 3 heteroatoms. The van der Waals surface area contributed by atoms with Crippen LogP contribution in [-0.4, -0.2) is 12.6 Å². The van der Waals surface area contributed by atoms with Crippen molar-refractivity contribution in [1.29, 1.82) is 0 Å². The number of fused-ring (bicyclic) bond motifs is 1. The quantitative estimate of drug-likeness (QED) is 0.730. The predicted octanol–water partition coefficient (Wildman–Crippen LogP) is 3.56. The molecule has 2 aromatic carbocycles. The summed E-state index contributed by atoms with van der Waals surface area (Å²) in [6, 6.07) is 19.3. The lowest BCUT2D eigenvalue weighted by Crippen LogP contribution is -2.37. The van der Waals surface area contributed by atoms with Gasteiger partial charge in [-0.3, -0.25) is 0 Å². The molecule has 0 bridgehead atoms. The number of nitrogens with one attached hydrogen (secondary N) is 1. The Morgan fingerprint density at radius 3 is 2.57 bits per heavy atom. The van der Waals surface area contributed by atoms with Gasteiger partial charge in [-0.1, -0.05) is 48.5 Å². The summed E-state index contributed by atoms with van der Waals surface area (Å²) in [6.45, 7) is 1.52. The fourth-order valence-corrected chi connectivity index (χ4v) is 3.53.